The Morgan fingerprint density at radius 1 is 0.800 bits per heavy atom. The second-order valence-corrected chi connectivity index (χ2v) is 5.38. The summed E-state index contributed by atoms with van der Waals surface area (Å²) in [5.41, 5.74) is 1.40. The van der Waals surface area contributed by atoms with Gasteiger partial charge in [0.2, 0.25) is 0 Å². The van der Waals surface area contributed by atoms with E-state index in [1.807, 2.05) is 25.1 Å². The van der Waals surface area contributed by atoms with E-state index in [0.29, 0.717) is 28.6 Å². The van der Waals surface area contributed by atoms with E-state index in [4.69, 9.17) is 18.9 Å². The minimum absolute atomic E-state index is 0.205. The summed E-state index contributed by atoms with van der Waals surface area (Å²) in [7, 11) is 6.25. The van der Waals surface area contributed by atoms with Crippen molar-refractivity contribution >= 4 is 5.91 Å². The lowest BCUT2D eigenvalue weighted by Crippen LogP contribution is -2.26. The van der Waals surface area contributed by atoms with Crippen LogP contribution in [0.15, 0.2) is 36.4 Å². The number of rotatable bonds is 7. The van der Waals surface area contributed by atoms with Crippen molar-refractivity contribution in [3.8, 4) is 23.0 Å². The van der Waals surface area contributed by atoms with Gasteiger partial charge in [-0.05, 0) is 42.8 Å². The highest BCUT2D eigenvalue weighted by Crippen LogP contribution is 2.30. The molecule has 0 saturated heterocycles. The van der Waals surface area contributed by atoms with Crippen molar-refractivity contribution in [1.29, 1.82) is 0 Å². The number of hydrogen-bond donors (Lipinski definition) is 1. The third-order valence-corrected chi connectivity index (χ3v) is 3.90. The van der Waals surface area contributed by atoms with Crippen molar-refractivity contribution < 1.29 is 23.7 Å². The highest BCUT2D eigenvalue weighted by atomic mass is 16.5. The molecule has 1 amide bonds. The number of nitrogens with one attached hydrogen (secondary N) is 1. The van der Waals surface area contributed by atoms with Gasteiger partial charge in [0.15, 0.2) is 23.0 Å². The topological polar surface area (TPSA) is 66.0 Å². The van der Waals surface area contributed by atoms with Crippen LogP contribution in [-0.4, -0.2) is 34.3 Å². The zero-order valence-corrected chi connectivity index (χ0v) is 15.1. The zero-order valence-electron chi connectivity index (χ0n) is 15.1. The van der Waals surface area contributed by atoms with Crippen molar-refractivity contribution in [2.75, 3.05) is 28.4 Å². The third kappa shape index (κ3) is 4.15. The molecule has 0 aromatic heterocycles. The van der Waals surface area contributed by atoms with Crippen LogP contribution in [0.25, 0.3) is 0 Å². The number of carbonyl (C=O) groups is 1. The maximum atomic E-state index is 12.5. The molecule has 0 radical (unpaired) electrons. The third-order valence-electron chi connectivity index (χ3n) is 3.90. The van der Waals surface area contributed by atoms with Gasteiger partial charge >= 0.3 is 0 Å². The van der Waals surface area contributed by atoms with E-state index in [0.717, 1.165) is 5.56 Å². The average molecular weight is 345 g/mol. The summed E-state index contributed by atoms with van der Waals surface area (Å²) >= 11 is 0. The molecule has 0 aliphatic carbocycles. The van der Waals surface area contributed by atoms with Gasteiger partial charge in [0, 0.05) is 5.56 Å². The van der Waals surface area contributed by atoms with Gasteiger partial charge < -0.3 is 24.3 Å². The monoisotopic (exact) mass is 345 g/mol. The molecule has 25 heavy (non-hydrogen) atoms. The maximum Gasteiger partial charge on any atom is 0.251 e. The summed E-state index contributed by atoms with van der Waals surface area (Å²) in [6, 6.07) is 10.4. The van der Waals surface area contributed by atoms with Gasteiger partial charge in [-0.2, -0.15) is 0 Å². The van der Waals surface area contributed by atoms with E-state index >= 15 is 0 Å². The van der Waals surface area contributed by atoms with E-state index in [1.165, 1.54) is 7.11 Å². The number of carbonyl (C=O) groups excluding carboxylic acids is 1. The maximum absolute atomic E-state index is 12.5. The van der Waals surface area contributed by atoms with E-state index in [1.54, 1.807) is 39.5 Å². The highest BCUT2D eigenvalue weighted by molar-refractivity contribution is 5.95. The lowest BCUT2D eigenvalue weighted by atomic mass is 10.1. The molecule has 0 aliphatic heterocycles. The first-order valence-corrected chi connectivity index (χ1v) is 7.78. The van der Waals surface area contributed by atoms with Gasteiger partial charge in [-0.3, -0.25) is 4.79 Å². The van der Waals surface area contributed by atoms with Crippen LogP contribution in [0.4, 0.5) is 0 Å². The van der Waals surface area contributed by atoms with E-state index in [-0.39, 0.29) is 11.9 Å². The lowest BCUT2D eigenvalue weighted by molar-refractivity contribution is 0.0939. The Hall–Kier alpha value is -2.89. The van der Waals surface area contributed by atoms with Crippen LogP contribution in [-0.2, 0) is 0 Å². The number of hydrogen-bond acceptors (Lipinski definition) is 5. The van der Waals surface area contributed by atoms with E-state index in [2.05, 4.69) is 5.32 Å². The second kappa shape index (κ2) is 8.28. The highest BCUT2D eigenvalue weighted by Gasteiger charge is 2.15. The van der Waals surface area contributed by atoms with Crippen LogP contribution in [0, 0.1) is 0 Å². The first kappa shape index (κ1) is 18.4. The Labute approximate surface area is 147 Å². The Balaban J connectivity index is 2.17. The predicted molar refractivity (Wildman–Crippen MR) is 95.0 cm³/mol. The van der Waals surface area contributed by atoms with Gasteiger partial charge in [0.25, 0.3) is 5.91 Å². The van der Waals surface area contributed by atoms with Crippen molar-refractivity contribution in [3.63, 3.8) is 0 Å². The van der Waals surface area contributed by atoms with Gasteiger partial charge in [0.1, 0.15) is 0 Å². The Kier molecular flexibility index (Phi) is 6.11. The summed E-state index contributed by atoms with van der Waals surface area (Å²) in [6.07, 6.45) is 0. The van der Waals surface area contributed by atoms with Gasteiger partial charge in [-0.25, -0.2) is 0 Å². The van der Waals surface area contributed by atoms with E-state index < -0.39 is 0 Å². The molecule has 0 saturated carbocycles. The Morgan fingerprint density at radius 3 is 1.88 bits per heavy atom. The molecule has 0 heterocycles. The van der Waals surface area contributed by atoms with Crippen LogP contribution in [0.5, 0.6) is 23.0 Å². The van der Waals surface area contributed by atoms with Crippen LogP contribution in [0.3, 0.4) is 0 Å². The molecule has 134 valence electrons. The average Bonchev–Trinajstić information content (AvgIpc) is 2.66. The smallest absolute Gasteiger partial charge is 0.251 e. The molecule has 0 bridgehead atoms. The number of methoxy groups -OCH3 is 4. The quantitative estimate of drug-likeness (QED) is 0.835. The number of benzene rings is 2. The van der Waals surface area contributed by atoms with Gasteiger partial charge in [-0.15, -0.1) is 0 Å². The standard InChI is InChI=1S/C19H23NO5/c1-12(13-6-8-15(22-2)17(10-13)24-4)20-19(21)14-7-9-16(23-3)18(11-14)25-5/h6-12H,1-5H3,(H,20,21)/t12-/m0/s1. The minimum Gasteiger partial charge on any atom is -0.493 e. The number of ether oxygens (including phenoxy) is 4. The summed E-state index contributed by atoms with van der Waals surface area (Å²) in [4.78, 5) is 12.5. The molecule has 0 unspecified atom stereocenters. The normalized spacial score (nSPS) is 11.4. The Morgan fingerprint density at radius 2 is 1.32 bits per heavy atom. The summed E-state index contributed by atoms with van der Waals surface area (Å²) in [5, 5.41) is 2.96. The van der Waals surface area contributed by atoms with Crippen LogP contribution >= 0.6 is 0 Å². The molecule has 0 spiro atoms. The fourth-order valence-corrected chi connectivity index (χ4v) is 2.46. The van der Waals surface area contributed by atoms with Crippen molar-refractivity contribution in [2.24, 2.45) is 0 Å². The molecule has 2 aromatic rings. The van der Waals surface area contributed by atoms with Crippen LogP contribution < -0.4 is 24.3 Å². The summed E-state index contributed by atoms with van der Waals surface area (Å²) in [6.45, 7) is 1.90. The second-order valence-electron chi connectivity index (χ2n) is 5.38. The summed E-state index contributed by atoms with van der Waals surface area (Å²) in [5.74, 6) is 2.14. The predicted octanol–water partition coefficient (Wildman–Crippen LogP) is 3.21. The summed E-state index contributed by atoms with van der Waals surface area (Å²) < 4.78 is 21.0. The molecule has 2 aromatic carbocycles. The molecule has 0 fully saturated rings. The fraction of sp³-hybridized carbons (Fsp3) is 0.316. The first-order chi connectivity index (χ1) is 12.0. The number of amides is 1. The SMILES string of the molecule is COc1ccc(C(=O)N[C@@H](C)c2ccc(OC)c(OC)c2)cc1OC. The van der Waals surface area contributed by atoms with Crippen molar-refractivity contribution in [2.45, 2.75) is 13.0 Å². The lowest BCUT2D eigenvalue weighted by Gasteiger charge is -2.17. The molecule has 0 aliphatic rings. The molecule has 2 rings (SSSR count). The van der Waals surface area contributed by atoms with E-state index in [9.17, 15) is 4.79 Å². The van der Waals surface area contributed by atoms with Crippen LogP contribution in [0.2, 0.25) is 0 Å². The first-order valence-electron chi connectivity index (χ1n) is 7.78. The molecule has 1 N–H and O–H groups in total. The zero-order chi connectivity index (χ0) is 18.4. The molecular weight excluding hydrogens is 322 g/mol. The fourth-order valence-electron chi connectivity index (χ4n) is 2.46. The van der Waals surface area contributed by atoms with Gasteiger partial charge in [0.05, 0.1) is 34.5 Å². The van der Waals surface area contributed by atoms with Gasteiger partial charge in [-0.1, -0.05) is 6.07 Å². The molecule has 6 heteroatoms. The van der Waals surface area contributed by atoms with Crippen molar-refractivity contribution in [1.82, 2.24) is 5.32 Å². The molecule has 1 atom stereocenters. The Bertz CT molecular complexity index is 745. The molecule has 6 nitrogen and oxygen atoms in total. The molecular formula is C19H23NO5. The van der Waals surface area contributed by atoms with Crippen molar-refractivity contribution in [3.05, 3.63) is 47.5 Å². The largest absolute Gasteiger partial charge is 0.493 e. The van der Waals surface area contributed by atoms with Crippen LogP contribution in [0.1, 0.15) is 28.9 Å². The minimum atomic E-state index is -0.208.